The molecule has 5 fully saturated rings. The van der Waals surface area contributed by atoms with E-state index in [1.54, 1.807) is 5.01 Å². The second-order valence-corrected chi connectivity index (χ2v) is 10.7. The van der Waals surface area contributed by atoms with Gasteiger partial charge < -0.3 is 21.3 Å². The van der Waals surface area contributed by atoms with E-state index in [2.05, 4.69) is 26.3 Å². The number of piperidine rings is 3. The van der Waals surface area contributed by atoms with Crippen molar-refractivity contribution in [3.8, 4) is 0 Å². The number of fused-ring (bicyclic) bond motifs is 1. The van der Waals surface area contributed by atoms with Gasteiger partial charge in [0, 0.05) is 45.7 Å². The van der Waals surface area contributed by atoms with Crippen molar-refractivity contribution in [3.63, 3.8) is 0 Å². The number of likely N-dealkylation sites (tertiary alicyclic amines) is 2. The summed E-state index contributed by atoms with van der Waals surface area (Å²) in [6.45, 7) is 5.01. The number of carbonyl (C=O) groups is 2. The van der Waals surface area contributed by atoms with Gasteiger partial charge in [0.25, 0.3) is 0 Å². The summed E-state index contributed by atoms with van der Waals surface area (Å²) >= 11 is 0. The fourth-order valence-corrected chi connectivity index (χ4v) is 6.66. The Hall–Kier alpha value is -1.37. The minimum atomic E-state index is -0.973. The van der Waals surface area contributed by atoms with Crippen LogP contribution in [0.1, 0.15) is 32.1 Å². The van der Waals surface area contributed by atoms with E-state index in [0.29, 0.717) is 6.42 Å². The van der Waals surface area contributed by atoms with Crippen LogP contribution < -0.4 is 27.1 Å². The molecule has 0 aromatic rings. The number of halogens is 1. The summed E-state index contributed by atoms with van der Waals surface area (Å²) in [5.74, 6) is -0.288. The van der Waals surface area contributed by atoms with Crippen molar-refractivity contribution in [1.29, 1.82) is 0 Å². The Morgan fingerprint density at radius 2 is 2.03 bits per heavy atom. The van der Waals surface area contributed by atoms with Gasteiger partial charge in [-0.05, 0) is 50.7 Å². The number of amides is 2. The van der Waals surface area contributed by atoms with Crippen molar-refractivity contribution >= 4 is 11.8 Å². The highest BCUT2D eigenvalue weighted by Gasteiger charge is 2.48. The van der Waals surface area contributed by atoms with Gasteiger partial charge in [-0.3, -0.25) is 19.8 Å². The molecule has 5 aliphatic heterocycles. The zero-order valence-electron chi connectivity index (χ0n) is 19.6. The van der Waals surface area contributed by atoms with E-state index in [1.165, 1.54) is 0 Å². The molecule has 6 unspecified atom stereocenters. The summed E-state index contributed by atoms with van der Waals surface area (Å²) in [5, 5.41) is 11.6. The lowest BCUT2D eigenvalue weighted by Gasteiger charge is -2.50. The van der Waals surface area contributed by atoms with Gasteiger partial charge >= 0.3 is 0 Å². The van der Waals surface area contributed by atoms with E-state index < -0.39 is 18.3 Å². The smallest absolute Gasteiger partial charge is 0.229 e. The monoisotopic (exact) mass is 466 g/mol. The Kier molecular flexibility index (Phi) is 6.62. The lowest BCUT2D eigenvalue weighted by atomic mass is 9.72. The van der Waals surface area contributed by atoms with E-state index in [0.717, 1.165) is 58.4 Å². The van der Waals surface area contributed by atoms with Gasteiger partial charge in [0.1, 0.15) is 6.17 Å². The molecule has 0 radical (unpaired) electrons. The van der Waals surface area contributed by atoms with E-state index in [-0.39, 0.29) is 48.6 Å². The van der Waals surface area contributed by atoms with Crippen LogP contribution in [0.2, 0.25) is 0 Å². The van der Waals surface area contributed by atoms with E-state index in [1.807, 2.05) is 11.9 Å². The summed E-state index contributed by atoms with van der Waals surface area (Å²) in [6.07, 6.45) is 3.03. The predicted octanol–water partition coefficient (Wildman–Crippen LogP) is -1.84. The molecule has 0 aromatic carbocycles. The van der Waals surface area contributed by atoms with Gasteiger partial charge in [0.15, 0.2) is 0 Å². The normalized spacial score (nSPS) is 40.1. The highest BCUT2D eigenvalue weighted by Crippen LogP contribution is 2.40. The first kappa shape index (κ1) is 23.4. The van der Waals surface area contributed by atoms with Gasteiger partial charge in [0.2, 0.25) is 11.8 Å². The standard InChI is InChI=1S/C22H39FN8O2/c1-29-13-22(4-2-17(29)32)5-8-30(9-6-22)16-3-7-25-11-15(16)27-21(33)18-19(24)28-31-12-14(23)10-26-20(18)31/h14-16,18-20,25-26,28H,2-13,24H2,1H3,(H,27,33). The van der Waals surface area contributed by atoms with Crippen LogP contribution in [0.5, 0.6) is 0 Å². The lowest BCUT2D eigenvalue weighted by Crippen LogP contribution is -2.64. The average molecular weight is 467 g/mol. The number of nitrogens with zero attached hydrogens (tertiary/aromatic N) is 3. The van der Waals surface area contributed by atoms with Gasteiger partial charge in [-0.1, -0.05) is 0 Å². The number of hydrogen-bond donors (Lipinski definition) is 5. The number of hydrogen-bond acceptors (Lipinski definition) is 8. The molecule has 5 aliphatic rings. The van der Waals surface area contributed by atoms with E-state index in [9.17, 15) is 14.0 Å². The second-order valence-electron chi connectivity index (χ2n) is 10.7. The second kappa shape index (κ2) is 9.35. The molecule has 10 nitrogen and oxygen atoms in total. The highest BCUT2D eigenvalue weighted by molar-refractivity contribution is 5.81. The van der Waals surface area contributed by atoms with E-state index >= 15 is 0 Å². The van der Waals surface area contributed by atoms with Crippen LogP contribution >= 0.6 is 0 Å². The van der Waals surface area contributed by atoms with Crippen molar-refractivity contribution in [3.05, 3.63) is 0 Å². The minimum Gasteiger partial charge on any atom is -0.350 e. The van der Waals surface area contributed by atoms with Gasteiger partial charge in [-0.25, -0.2) is 14.8 Å². The topological polar surface area (TPSA) is 118 Å². The quantitative estimate of drug-likeness (QED) is 0.329. The van der Waals surface area contributed by atoms with Gasteiger partial charge in [-0.2, -0.15) is 0 Å². The number of hydrazine groups is 1. The van der Waals surface area contributed by atoms with Crippen LogP contribution in [-0.2, 0) is 9.59 Å². The van der Waals surface area contributed by atoms with Gasteiger partial charge in [-0.15, -0.1) is 0 Å². The van der Waals surface area contributed by atoms with Crippen molar-refractivity contribution in [1.82, 2.24) is 36.2 Å². The molecule has 5 saturated heterocycles. The maximum Gasteiger partial charge on any atom is 0.229 e. The van der Waals surface area contributed by atoms with Crippen LogP contribution in [0, 0.1) is 11.3 Å². The number of nitrogens with one attached hydrogen (secondary N) is 4. The summed E-state index contributed by atoms with van der Waals surface area (Å²) in [7, 11) is 1.92. The Balaban J connectivity index is 1.20. The third-order valence-corrected chi connectivity index (χ3v) is 8.59. The Morgan fingerprint density at radius 1 is 1.24 bits per heavy atom. The molecule has 2 amide bonds. The molecule has 0 bridgehead atoms. The molecule has 11 heteroatoms. The average Bonchev–Trinajstić information content (AvgIpc) is 3.12. The molecule has 0 saturated carbocycles. The molecule has 5 rings (SSSR count). The van der Waals surface area contributed by atoms with Crippen LogP contribution in [0.4, 0.5) is 4.39 Å². The maximum absolute atomic E-state index is 13.8. The number of rotatable bonds is 3. The zero-order valence-corrected chi connectivity index (χ0v) is 19.6. The molecule has 6 N–H and O–H groups in total. The summed E-state index contributed by atoms with van der Waals surface area (Å²) in [5.41, 5.74) is 9.55. The maximum atomic E-state index is 13.8. The molecule has 1 spiro atoms. The van der Waals surface area contributed by atoms with Crippen LogP contribution in [0.15, 0.2) is 0 Å². The zero-order chi connectivity index (χ0) is 23.2. The van der Waals surface area contributed by atoms with Crippen LogP contribution in [0.25, 0.3) is 0 Å². The Labute approximate surface area is 195 Å². The fourth-order valence-electron chi connectivity index (χ4n) is 6.66. The first-order valence-electron chi connectivity index (χ1n) is 12.5. The summed E-state index contributed by atoms with van der Waals surface area (Å²) in [6, 6.07) is 0.293. The van der Waals surface area contributed by atoms with Crippen molar-refractivity contribution < 1.29 is 14.0 Å². The number of alkyl halides is 1. The largest absolute Gasteiger partial charge is 0.350 e. The molecule has 0 aromatic heterocycles. The van der Waals surface area contributed by atoms with Crippen LogP contribution in [0.3, 0.4) is 0 Å². The first-order chi connectivity index (χ1) is 15.8. The summed E-state index contributed by atoms with van der Waals surface area (Å²) in [4.78, 5) is 29.7. The van der Waals surface area contributed by atoms with Crippen molar-refractivity contribution in [2.24, 2.45) is 17.1 Å². The molecule has 33 heavy (non-hydrogen) atoms. The number of nitrogens with two attached hydrogens (primary N) is 1. The number of carbonyl (C=O) groups excluding carboxylic acids is 2. The Morgan fingerprint density at radius 3 is 2.79 bits per heavy atom. The van der Waals surface area contributed by atoms with Crippen molar-refractivity contribution in [2.75, 3.05) is 52.9 Å². The highest BCUT2D eigenvalue weighted by atomic mass is 19.1. The third kappa shape index (κ3) is 4.63. The lowest BCUT2D eigenvalue weighted by molar-refractivity contribution is -0.137. The molecule has 6 atom stereocenters. The minimum absolute atomic E-state index is 0.00896. The molecule has 186 valence electrons. The molecule has 0 aliphatic carbocycles. The fraction of sp³-hybridized carbons (Fsp3) is 0.909. The third-order valence-electron chi connectivity index (χ3n) is 8.59. The predicted molar refractivity (Wildman–Crippen MR) is 121 cm³/mol. The Bertz CT molecular complexity index is 748. The van der Waals surface area contributed by atoms with E-state index in [4.69, 9.17) is 5.73 Å². The first-order valence-corrected chi connectivity index (χ1v) is 12.5. The molecular weight excluding hydrogens is 427 g/mol. The molecular formula is C22H39FN8O2. The SMILES string of the molecule is CN1CC2(CCC1=O)CCN(C1CCNCC1NC(=O)C1C(N)NN3CC(F)CNC13)CC2. The van der Waals surface area contributed by atoms with Gasteiger partial charge in [0.05, 0.1) is 24.3 Å². The summed E-state index contributed by atoms with van der Waals surface area (Å²) < 4.78 is 13.8. The van der Waals surface area contributed by atoms with Crippen LogP contribution in [-0.4, -0.2) is 110 Å². The molecule has 5 heterocycles. The van der Waals surface area contributed by atoms with Crippen molar-refractivity contribution in [2.45, 2.75) is 62.7 Å².